The number of alkyl halides is 3. The van der Waals surface area contributed by atoms with Crippen LogP contribution in [0.4, 0.5) is 19.0 Å². The highest BCUT2D eigenvalue weighted by Crippen LogP contribution is 2.37. The normalized spacial score (nSPS) is 14.4. The number of nitrogens with zero attached hydrogens (tertiary/aromatic N) is 5. The largest absolute Gasteiger partial charge is 0.416 e. The van der Waals surface area contributed by atoms with E-state index < -0.39 is 11.7 Å². The maximum absolute atomic E-state index is 13.4. The second-order valence-corrected chi connectivity index (χ2v) is 9.73. The summed E-state index contributed by atoms with van der Waals surface area (Å²) >= 11 is 12.1. The van der Waals surface area contributed by atoms with Gasteiger partial charge in [-0.25, -0.2) is 4.98 Å². The minimum Gasteiger partial charge on any atom is -0.352 e. The van der Waals surface area contributed by atoms with Crippen molar-refractivity contribution < 1.29 is 22.5 Å². The molecule has 0 aliphatic carbocycles. The van der Waals surface area contributed by atoms with Gasteiger partial charge in [0.1, 0.15) is 22.7 Å². The molecule has 0 bridgehead atoms. The van der Waals surface area contributed by atoms with Gasteiger partial charge in [-0.3, -0.25) is 4.79 Å². The molecule has 4 aromatic rings. The van der Waals surface area contributed by atoms with Crippen LogP contribution in [0.15, 0.2) is 47.0 Å². The predicted molar refractivity (Wildman–Crippen MR) is 139 cm³/mol. The number of hydrogen-bond acceptors (Lipinski definition) is 6. The molecule has 198 valence electrons. The Bertz CT molecular complexity index is 1500. The third kappa shape index (κ3) is 5.15. The molecule has 2 aromatic carbocycles. The van der Waals surface area contributed by atoms with E-state index >= 15 is 0 Å². The first-order valence-corrected chi connectivity index (χ1v) is 12.7. The van der Waals surface area contributed by atoms with Crippen LogP contribution >= 0.6 is 23.2 Å². The van der Waals surface area contributed by atoms with E-state index in [0.717, 1.165) is 18.6 Å². The lowest BCUT2D eigenvalue weighted by atomic mass is 10.1. The van der Waals surface area contributed by atoms with E-state index in [0.29, 0.717) is 65.2 Å². The third-order valence-electron chi connectivity index (χ3n) is 6.33. The van der Waals surface area contributed by atoms with Crippen LogP contribution in [0, 0.1) is 0 Å². The van der Waals surface area contributed by atoms with Crippen LogP contribution in [-0.2, 0) is 12.6 Å². The van der Waals surface area contributed by atoms with Crippen LogP contribution in [0.2, 0.25) is 10.0 Å². The van der Waals surface area contributed by atoms with Gasteiger partial charge in [0.25, 0.3) is 11.6 Å². The molecule has 0 atom stereocenters. The molecule has 1 saturated heterocycles. The second kappa shape index (κ2) is 10.4. The van der Waals surface area contributed by atoms with E-state index in [1.807, 2.05) is 11.8 Å². The van der Waals surface area contributed by atoms with Crippen molar-refractivity contribution in [3.63, 3.8) is 0 Å². The molecule has 1 aliphatic heterocycles. The van der Waals surface area contributed by atoms with Crippen LogP contribution in [0.3, 0.4) is 0 Å². The van der Waals surface area contributed by atoms with E-state index in [1.54, 1.807) is 29.2 Å². The fraction of sp³-hybridized carbons (Fsp3) is 0.308. The van der Waals surface area contributed by atoms with Crippen molar-refractivity contribution in [1.29, 1.82) is 0 Å². The summed E-state index contributed by atoms with van der Waals surface area (Å²) in [5, 5.41) is 5.20. The zero-order chi connectivity index (χ0) is 27.0. The van der Waals surface area contributed by atoms with Gasteiger partial charge < -0.3 is 14.3 Å². The fourth-order valence-electron chi connectivity index (χ4n) is 4.42. The SMILES string of the molecule is CCCc1nc(N2CCN(C(=O)c3ccc(Cl)c(Cl)c3)CC2)c2c(-c3cccc(C(F)(F)F)c3)noc2n1. The van der Waals surface area contributed by atoms with Crippen LogP contribution in [0.5, 0.6) is 0 Å². The van der Waals surface area contributed by atoms with Crippen LogP contribution in [0.25, 0.3) is 22.4 Å². The number of halogens is 5. The molecular weight excluding hydrogens is 542 g/mol. The molecule has 1 aliphatic rings. The number of aromatic nitrogens is 3. The maximum atomic E-state index is 13.4. The number of anilines is 1. The van der Waals surface area contributed by atoms with Gasteiger partial charge in [-0.1, -0.05) is 47.4 Å². The molecule has 7 nitrogen and oxygen atoms in total. The number of benzene rings is 2. The highest BCUT2D eigenvalue weighted by atomic mass is 35.5. The highest BCUT2D eigenvalue weighted by molar-refractivity contribution is 6.42. The molecule has 0 N–H and O–H groups in total. The maximum Gasteiger partial charge on any atom is 0.416 e. The summed E-state index contributed by atoms with van der Waals surface area (Å²) in [7, 11) is 0. The molecule has 1 amide bonds. The number of rotatable bonds is 5. The summed E-state index contributed by atoms with van der Waals surface area (Å²) < 4.78 is 45.6. The summed E-state index contributed by atoms with van der Waals surface area (Å²) in [4.78, 5) is 25.9. The summed E-state index contributed by atoms with van der Waals surface area (Å²) in [6, 6.07) is 9.68. The van der Waals surface area contributed by atoms with Crippen LogP contribution in [-0.4, -0.2) is 52.1 Å². The molecule has 2 aromatic heterocycles. The topological polar surface area (TPSA) is 75.4 Å². The van der Waals surface area contributed by atoms with Crippen molar-refractivity contribution in [2.24, 2.45) is 0 Å². The molecule has 0 unspecified atom stereocenters. The molecule has 5 rings (SSSR count). The lowest BCUT2D eigenvalue weighted by Gasteiger charge is -2.35. The van der Waals surface area contributed by atoms with Crippen molar-refractivity contribution in [3.8, 4) is 11.3 Å². The Morgan fingerprint density at radius 1 is 1.03 bits per heavy atom. The number of fused-ring (bicyclic) bond motifs is 1. The van der Waals surface area contributed by atoms with E-state index in [-0.39, 0.29) is 22.9 Å². The number of aryl methyl sites for hydroxylation is 1. The number of carbonyl (C=O) groups excluding carboxylic acids is 1. The molecule has 0 spiro atoms. The Hall–Kier alpha value is -3.37. The lowest BCUT2D eigenvalue weighted by Crippen LogP contribution is -2.49. The monoisotopic (exact) mass is 563 g/mol. The summed E-state index contributed by atoms with van der Waals surface area (Å²) in [6.07, 6.45) is -3.11. The van der Waals surface area contributed by atoms with Crippen molar-refractivity contribution in [2.45, 2.75) is 25.9 Å². The number of amides is 1. The zero-order valence-corrected chi connectivity index (χ0v) is 21.7. The summed E-state index contributed by atoms with van der Waals surface area (Å²) in [6.45, 7) is 3.68. The van der Waals surface area contributed by atoms with Gasteiger partial charge in [0.15, 0.2) is 0 Å². The second-order valence-electron chi connectivity index (χ2n) is 8.91. The van der Waals surface area contributed by atoms with Gasteiger partial charge >= 0.3 is 6.18 Å². The van der Waals surface area contributed by atoms with Gasteiger partial charge in [0.2, 0.25) is 0 Å². The van der Waals surface area contributed by atoms with Gasteiger partial charge in [0.05, 0.1) is 15.6 Å². The fourth-order valence-corrected chi connectivity index (χ4v) is 4.71. The van der Waals surface area contributed by atoms with Gasteiger partial charge in [0, 0.05) is 43.7 Å². The molecule has 0 radical (unpaired) electrons. The van der Waals surface area contributed by atoms with Crippen molar-refractivity contribution in [1.82, 2.24) is 20.0 Å². The highest BCUT2D eigenvalue weighted by Gasteiger charge is 2.32. The number of carbonyl (C=O) groups is 1. The van der Waals surface area contributed by atoms with Gasteiger partial charge in [-0.05, 0) is 36.8 Å². The molecule has 3 heterocycles. The quantitative estimate of drug-likeness (QED) is 0.275. The van der Waals surface area contributed by atoms with Crippen LogP contribution < -0.4 is 4.90 Å². The third-order valence-corrected chi connectivity index (χ3v) is 7.07. The Labute approximate surface area is 226 Å². The average molecular weight is 564 g/mol. The van der Waals surface area contributed by atoms with E-state index in [9.17, 15) is 18.0 Å². The van der Waals surface area contributed by atoms with Gasteiger partial charge in [-0.15, -0.1) is 0 Å². The average Bonchev–Trinajstić information content (AvgIpc) is 3.33. The molecule has 38 heavy (non-hydrogen) atoms. The minimum absolute atomic E-state index is 0.169. The van der Waals surface area contributed by atoms with E-state index in [2.05, 4.69) is 10.1 Å². The zero-order valence-electron chi connectivity index (χ0n) is 20.2. The summed E-state index contributed by atoms with van der Waals surface area (Å²) in [5.41, 5.74) is 0.345. The molecule has 1 fully saturated rings. The van der Waals surface area contributed by atoms with Crippen molar-refractivity contribution >= 4 is 46.0 Å². The van der Waals surface area contributed by atoms with Gasteiger partial charge in [-0.2, -0.15) is 18.2 Å². The van der Waals surface area contributed by atoms with E-state index in [1.165, 1.54) is 6.07 Å². The van der Waals surface area contributed by atoms with Crippen molar-refractivity contribution in [3.05, 3.63) is 69.5 Å². The Kier molecular flexibility index (Phi) is 7.19. The predicted octanol–water partition coefficient (Wildman–Crippen LogP) is 6.53. The number of piperazine rings is 1. The smallest absolute Gasteiger partial charge is 0.352 e. The first-order valence-electron chi connectivity index (χ1n) is 12.0. The van der Waals surface area contributed by atoms with Crippen molar-refractivity contribution in [2.75, 3.05) is 31.1 Å². The Balaban J connectivity index is 1.47. The molecule has 12 heteroatoms. The Morgan fingerprint density at radius 3 is 2.47 bits per heavy atom. The molecular formula is C26H22Cl2F3N5O2. The summed E-state index contributed by atoms with van der Waals surface area (Å²) in [5.74, 6) is 0.905. The lowest BCUT2D eigenvalue weighted by molar-refractivity contribution is -0.137. The standard InChI is InChI=1S/C26H22Cl2F3N5O2/c1-2-4-20-32-23(35-9-11-36(12-10-35)25(37)16-7-8-18(27)19(28)14-16)21-22(34-38-24(21)33-20)15-5-3-6-17(13-15)26(29,30)31/h3,5-8,13-14H,2,4,9-12H2,1H3. The van der Waals surface area contributed by atoms with E-state index in [4.69, 9.17) is 32.7 Å². The first kappa shape index (κ1) is 26.2. The number of hydrogen-bond donors (Lipinski definition) is 0. The van der Waals surface area contributed by atoms with Crippen LogP contribution in [0.1, 0.15) is 35.1 Å². The minimum atomic E-state index is -4.50. The Morgan fingerprint density at radius 2 is 1.79 bits per heavy atom. The molecule has 0 saturated carbocycles. The first-order chi connectivity index (χ1) is 18.2.